The third-order valence-electron chi connectivity index (χ3n) is 6.94. The van der Waals surface area contributed by atoms with Crippen LogP contribution in [-0.4, -0.2) is 35.0 Å². The molecule has 3 aliphatic rings. The van der Waals surface area contributed by atoms with Crippen LogP contribution >= 0.6 is 11.8 Å². The van der Waals surface area contributed by atoms with Gasteiger partial charge in [-0.15, -0.1) is 11.8 Å². The number of nitrogens with one attached hydrogen (secondary N) is 1. The molecule has 4 N–H and O–H groups in total. The Kier molecular flexibility index (Phi) is 4.90. The summed E-state index contributed by atoms with van der Waals surface area (Å²) in [6, 6.07) is 8.74. The van der Waals surface area contributed by atoms with E-state index in [2.05, 4.69) is 61.8 Å². The van der Waals surface area contributed by atoms with Gasteiger partial charge >= 0.3 is 0 Å². The van der Waals surface area contributed by atoms with Gasteiger partial charge in [0.05, 0.1) is 11.4 Å². The molecule has 1 amide bonds. The fourth-order valence-electron chi connectivity index (χ4n) is 5.19. The lowest BCUT2D eigenvalue weighted by Crippen LogP contribution is -2.62. The van der Waals surface area contributed by atoms with Crippen LogP contribution in [-0.2, 0) is 10.2 Å². The van der Waals surface area contributed by atoms with Crippen LogP contribution in [0.3, 0.4) is 0 Å². The van der Waals surface area contributed by atoms with Crippen molar-refractivity contribution < 1.29 is 9.90 Å². The Morgan fingerprint density at radius 1 is 1.30 bits per heavy atom. The second-order valence-electron chi connectivity index (χ2n) is 9.09. The number of carbonyl (C=O) groups is 1. The topological polar surface area (TPSA) is 75.3 Å². The number of thioether (sulfide) groups is 1. The highest BCUT2D eigenvalue weighted by Crippen LogP contribution is 2.51. The van der Waals surface area contributed by atoms with Gasteiger partial charge in [0.15, 0.2) is 0 Å². The van der Waals surface area contributed by atoms with E-state index in [0.29, 0.717) is 6.54 Å². The summed E-state index contributed by atoms with van der Waals surface area (Å²) in [6.07, 6.45) is 2.52. The van der Waals surface area contributed by atoms with Crippen molar-refractivity contribution in [1.82, 2.24) is 5.32 Å². The van der Waals surface area contributed by atoms with E-state index in [1.54, 1.807) is 11.8 Å². The molecule has 1 saturated carbocycles. The van der Waals surface area contributed by atoms with E-state index < -0.39 is 0 Å². The lowest BCUT2D eigenvalue weighted by atomic mass is 9.60. The third kappa shape index (κ3) is 3.14. The summed E-state index contributed by atoms with van der Waals surface area (Å²) < 4.78 is 0. The van der Waals surface area contributed by atoms with Crippen molar-refractivity contribution in [3.8, 4) is 0 Å². The van der Waals surface area contributed by atoms with Gasteiger partial charge in [-0.3, -0.25) is 4.79 Å². The van der Waals surface area contributed by atoms with Gasteiger partial charge < -0.3 is 16.2 Å². The molecule has 0 radical (unpaired) electrons. The van der Waals surface area contributed by atoms with E-state index in [1.807, 2.05) is 0 Å². The number of allylic oxidation sites excluding steroid dienone is 1. The lowest BCUT2D eigenvalue weighted by molar-refractivity contribution is -0.128. The zero-order chi connectivity index (χ0) is 19.3. The van der Waals surface area contributed by atoms with E-state index in [1.165, 1.54) is 11.1 Å². The van der Waals surface area contributed by atoms with Gasteiger partial charge in [-0.1, -0.05) is 51.1 Å². The first kappa shape index (κ1) is 19.0. The molecule has 1 aromatic carbocycles. The predicted molar refractivity (Wildman–Crippen MR) is 110 cm³/mol. The average molecular weight is 387 g/mol. The number of benzene rings is 1. The van der Waals surface area contributed by atoms with Gasteiger partial charge in [-0.05, 0) is 34.8 Å². The van der Waals surface area contributed by atoms with E-state index in [4.69, 9.17) is 5.73 Å². The Morgan fingerprint density at radius 3 is 2.67 bits per heavy atom. The van der Waals surface area contributed by atoms with E-state index >= 15 is 0 Å². The van der Waals surface area contributed by atoms with Crippen LogP contribution in [0.1, 0.15) is 44.2 Å². The van der Waals surface area contributed by atoms with Crippen molar-refractivity contribution in [3.63, 3.8) is 0 Å². The Hall–Kier alpha value is -1.30. The van der Waals surface area contributed by atoms with E-state index in [-0.39, 0.29) is 52.4 Å². The van der Waals surface area contributed by atoms with Crippen molar-refractivity contribution in [2.45, 2.75) is 55.9 Å². The van der Waals surface area contributed by atoms with Gasteiger partial charge in [0.25, 0.3) is 0 Å². The molecule has 146 valence electrons. The van der Waals surface area contributed by atoms with Crippen molar-refractivity contribution in [2.24, 2.45) is 23.5 Å². The van der Waals surface area contributed by atoms with Crippen molar-refractivity contribution in [1.29, 1.82) is 0 Å². The van der Waals surface area contributed by atoms with Crippen LogP contribution < -0.4 is 11.1 Å². The minimum absolute atomic E-state index is 0.0395. The minimum atomic E-state index is -0.385. The van der Waals surface area contributed by atoms with Crippen LogP contribution in [0.5, 0.6) is 0 Å². The molecule has 5 heteroatoms. The monoisotopic (exact) mass is 386 g/mol. The molecule has 1 aromatic rings. The van der Waals surface area contributed by atoms with Gasteiger partial charge in [0, 0.05) is 29.8 Å². The van der Waals surface area contributed by atoms with Gasteiger partial charge in [0.2, 0.25) is 5.91 Å². The van der Waals surface area contributed by atoms with Crippen LogP contribution in [0.15, 0.2) is 35.7 Å². The molecule has 2 aliphatic heterocycles. The van der Waals surface area contributed by atoms with Crippen molar-refractivity contribution >= 4 is 17.7 Å². The van der Waals surface area contributed by atoms with E-state index in [9.17, 15) is 9.90 Å². The van der Waals surface area contributed by atoms with Crippen molar-refractivity contribution in [3.05, 3.63) is 46.9 Å². The molecule has 4 rings (SSSR count). The molecule has 0 spiro atoms. The van der Waals surface area contributed by atoms with E-state index in [0.717, 1.165) is 6.42 Å². The molecule has 2 heterocycles. The number of hydrogen-bond acceptors (Lipinski definition) is 4. The minimum Gasteiger partial charge on any atom is -0.392 e. The van der Waals surface area contributed by atoms with Crippen molar-refractivity contribution in [2.75, 3.05) is 6.54 Å². The summed E-state index contributed by atoms with van der Waals surface area (Å²) in [5.41, 5.74) is 8.25. The Labute approximate surface area is 166 Å². The normalized spacial score (nSPS) is 38.3. The first-order chi connectivity index (χ1) is 12.8. The average Bonchev–Trinajstić information content (AvgIpc) is 3.14. The Morgan fingerprint density at radius 2 is 2.00 bits per heavy atom. The molecule has 1 aliphatic carbocycles. The maximum atomic E-state index is 12.5. The molecule has 7 unspecified atom stereocenters. The Bertz CT molecular complexity index is 745. The number of nitrogens with two attached hydrogens (primary N) is 1. The molecule has 2 fully saturated rings. The first-order valence-electron chi connectivity index (χ1n) is 9.94. The number of fused-ring (bicyclic) bond motifs is 3. The summed E-state index contributed by atoms with van der Waals surface area (Å²) in [4.78, 5) is 12.5. The highest BCUT2D eigenvalue weighted by Gasteiger charge is 2.53. The van der Waals surface area contributed by atoms with Crippen LogP contribution in [0.2, 0.25) is 0 Å². The van der Waals surface area contributed by atoms with Gasteiger partial charge in [-0.25, -0.2) is 0 Å². The molecule has 0 bridgehead atoms. The summed E-state index contributed by atoms with van der Waals surface area (Å²) in [5, 5.41) is 16.3. The fraction of sp³-hybridized carbons (Fsp3) is 0.591. The largest absolute Gasteiger partial charge is 0.392 e. The molecular weight excluding hydrogens is 356 g/mol. The number of rotatable bonds is 3. The Balaban J connectivity index is 1.70. The summed E-state index contributed by atoms with van der Waals surface area (Å²) in [7, 11) is 0. The molecule has 27 heavy (non-hydrogen) atoms. The molecule has 7 atom stereocenters. The SMILES string of the molecule is CC1CC(O)C(c2ccc(C(C)(C)CN)cc2)C2C3C=CSC3C(=O)NC12. The zero-order valence-electron chi connectivity index (χ0n) is 16.3. The molecule has 1 saturated heterocycles. The van der Waals surface area contributed by atoms with Crippen LogP contribution in [0.25, 0.3) is 0 Å². The number of hydrogen-bond donors (Lipinski definition) is 3. The standard InChI is InChI=1S/C22H30N2O2S/c1-12-10-16(25)17(13-4-6-14(7-5-13)22(2,3)11-23)18-15-8-9-27-20(15)21(26)24-19(12)18/h4-9,12,15-20,25H,10-11,23H2,1-3H3,(H,24,26). The number of piperidine rings is 1. The zero-order valence-corrected chi connectivity index (χ0v) is 17.1. The highest BCUT2D eigenvalue weighted by molar-refractivity contribution is 8.03. The molecular formula is C22H30N2O2S. The quantitative estimate of drug-likeness (QED) is 0.747. The number of aliphatic hydroxyl groups is 1. The predicted octanol–water partition coefficient (Wildman–Crippen LogP) is 2.77. The molecule has 0 aromatic heterocycles. The lowest BCUT2D eigenvalue weighted by Gasteiger charge is -2.51. The third-order valence-corrected chi connectivity index (χ3v) is 8.08. The number of carbonyl (C=O) groups excluding carboxylic acids is 1. The summed E-state index contributed by atoms with van der Waals surface area (Å²) in [6.45, 7) is 7.04. The summed E-state index contributed by atoms with van der Waals surface area (Å²) >= 11 is 1.61. The molecule has 4 nitrogen and oxygen atoms in total. The van der Waals surface area contributed by atoms with Gasteiger partial charge in [0.1, 0.15) is 0 Å². The summed E-state index contributed by atoms with van der Waals surface area (Å²) in [5.74, 6) is 0.888. The van der Waals surface area contributed by atoms with Crippen LogP contribution in [0, 0.1) is 17.8 Å². The second kappa shape index (κ2) is 6.94. The van der Waals surface area contributed by atoms with Gasteiger partial charge in [-0.2, -0.15) is 0 Å². The maximum absolute atomic E-state index is 12.5. The maximum Gasteiger partial charge on any atom is 0.234 e. The highest BCUT2D eigenvalue weighted by atomic mass is 32.2. The number of amides is 1. The fourth-order valence-corrected chi connectivity index (χ4v) is 6.28. The first-order valence-corrected chi connectivity index (χ1v) is 10.9. The second-order valence-corrected chi connectivity index (χ2v) is 10.1. The smallest absolute Gasteiger partial charge is 0.234 e. The number of aliphatic hydroxyl groups excluding tert-OH is 1. The van der Waals surface area contributed by atoms with Crippen LogP contribution in [0.4, 0.5) is 0 Å².